The number of amides is 1. The van der Waals surface area contributed by atoms with Gasteiger partial charge in [-0.15, -0.1) is 0 Å². The molecule has 0 bridgehead atoms. The maximum absolute atomic E-state index is 13.3. The molecule has 1 aliphatic rings. The van der Waals surface area contributed by atoms with Crippen molar-refractivity contribution >= 4 is 27.5 Å². The Morgan fingerprint density at radius 2 is 1.92 bits per heavy atom. The Labute approximate surface area is 162 Å². The summed E-state index contributed by atoms with van der Waals surface area (Å²) in [4.78, 5) is 15.0. The average molecular weight is 419 g/mol. The molecule has 26 heavy (non-hydrogen) atoms. The Morgan fingerprint density at radius 3 is 2.65 bits per heavy atom. The number of hydrogen-bond acceptors (Lipinski definition) is 2. The highest BCUT2D eigenvalue weighted by Gasteiger charge is 2.19. The molecule has 0 heterocycles. The number of nitrogens with zero attached hydrogens (tertiary/aromatic N) is 1. The predicted molar refractivity (Wildman–Crippen MR) is 107 cm³/mol. The fourth-order valence-corrected chi connectivity index (χ4v) is 4.09. The van der Waals surface area contributed by atoms with Gasteiger partial charge in [-0.3, -0.25) is 9.69 Å². The van der Waals surface area contributed by atoms with Crippen LogP contribution in [-0.4, -0.2) is 23.9 Å². The second-order valence-corrected chi connectivity index (χ2v) is 7.80. The van der Waals surface area contributed by atoms with Crippen LogP contribution in [0, 0.1) is 5.82 Å². The minimum Gasteiger partial charge on any atom is -0.322 e. The minimum absolute atomic E-state index is 0.246. The molecule has 5 heteroatoms. The molecule has 2 aromatic carbocycles. The second-order valence-electron chi connectivity index (χ2n) is 6.94. The summed E-state index contributed by atoms with van der Waals surface area (Å²) in [6.07, 6.45) is 6.42. The molecule has 0 saturated heterocycles. The summed E-state index contributed by atoms with van der Waals surface area (Å²) in [5.74, 6) is -0.618. The normalized spacial score (nSPS) is 15.2. The summed E-state index contributed by atoms with van der Waals surface area (Å²) in [6.45, 7) is 0.797. The van der Waals surface area contributed by atoms with Gasteiger partial charge in [0, 0.05) is 22.7 Å². The van der Waals surface area contributed by atoms with Gasteiger partial charge in [-0.25, -0.2) is 4.39 Å². The standard InChI is InChI=1S/C21H24BrFN2O/c1-25(17-8-3-2-4-9-17)14-15-7-5-6-10-20(15)24-21(26)18-12-11-16(23)13-19(18)22/h5-7,10-13,17H,2-4,8-9,14H2,1H3,(H,24,26). The lowest BCUT2D eigenvalue weighted by Crippen LogP contribution is -2.33. The molecule has 0 atom stereocenters. The predicted octanol–water partition coefficient (Wildman–Crippen LogP) is 5.61. The number of anilines is 1. The number of benzene rings is 2. The van der Waals surface area contributed by atoms with Crippen molar-refractivity contribution in [3.8, 4) is 0 Å². The first-order chi connectivity index (χ1) is 12.5. The lowest BCUT2D eigenvalue weighted by Gasteiger charge is -2.31. The third kappa shape index (κ3) is 4.71. The largest absolute Gasteiger partial charge is 0.322 e. The van der Waals surface area contributed by atoms with Crippen LogP contribution in [0.25, 0.3) is 0 Å². The average Bonchev–Trinajstić information content (AvgIpc) is 2.64. The van der Waals surface area contributed by atoms with Gasteiger partial charge in [0.2, 0.25) is 0 Å². The summed E-state index contributed by atoms with van der Waals surface area (Å²) >= 11 is 3.26. The van der Waals surface area contributed by atoms with E-state index in [9.17, 15) is 9.18 Å². The van der Waals surface area contributed by atoms with E-state index in [1.54, 1.807) is 0 Å². The van der Waals surface area contributed by atoms with Crippen molar-refractivity contribution in [2.45, 2.75) is 44.7 Å². The van der Waals surface area contributed by atoms with E-state index in [2.05, 4.69) is 39.3 Å². The molecular weight excluding hydrogens is 395 g/mol. The van der Waals surface area contributed by atoms with E-state index in [4.69, 9.17) is 0 Å². The van der Waals surface area contributed by atoms with Crippen LogP contribution in [0.2, 0.25) is 0 Å². The number of hydrogen-bond donors (Lipinski definition) is 1. The van der Waals surface area contributed by atoms with Gasteiger partial charge in [0.1, 0.15) is 5.82 Å². The van der Waals surface area contributed by atoms with E-state index in [-0.39, 0.29) is 11.7 Å². The molecule has 1 saturated carbocycles. The molecule has 0 unspecified atom stereocenters. The first kappa shape index (κ1) is 19.1. The number of nitrogens with one attached hydrogen (secondary N) is 1. The molecule has 138 valence electrons. The molecular formula is C21H24BrFN2O. The smallest absolute Gasteiger partial charge is 0.256 e. The van der Waals surface area contributed by atoms with Crippen molar-refractivity contribution in [2.75, 3.05) is 12.4 Å². The topological polar surface area (TPSA) is 32.3 Å². The van der Waals surface area contributed by atoms with E-state index in [0.29, 0.717) is 16.1 Å². The Morgan fingerprint density at radius 1 is 1.19 bits per heavy atom. The maximum Gasteiger partial charge on any atom is 0.256 e. The van der Waals surface area contributed by atoms with Crippen molar-refractivity contribution in [2.24, 2.45) is 0 Å². The lowest BCUT2D eigenvalue weighted by molar-refractivity contribution is 0.102. The molecule has 1 aliphatic carbocycles. The van der Waals surface area contributed by atoms with E-state index >= 15 is 0 Å². The van der Waals surface area contributed by atoms with Gasteiger partial charge in [-0.05, 0) is 65.6 Å². The molecule has 0 spiro atoms. The molecule has 1 fully saturated rings. The number of carbonyl (C=O) groups is 1. The zero-order valence-electron chi connectivity index (χ0n) is 15.0. The Kier molecular flexibility index (Phi) is 6.43. The first-order valence-electron chi connectivity index (χ1n) is 9.09. The fourth-order valence-electron chi connectivity index (χ4n) is 3.56. The molecule has 3 rings (SSSR count). The summed E-state index contributed by atoms with van der Waals surface area (Å²) in [5.41, 5.74) is 2.31. The van der Waals surface area contributed by atoms with Crippen LogP contribution >= 0.6 is 15.9 Å². The van der Waals surface area contributed by atoms with Gasteiger partial charge >= 0.3 is 0 Å². The van der Waals surface area contributed by atoms with Gasteiger partial charge in [0.25, 0.3) is 5.91 Å². The van der Waals surface area contributed by atoms with Crippen molar-refractivity contribution in [3.63, 3.8) is 0 Å². The van der Waals surface area contributed by atoms with Gasteiger partial charge in [-0.1, -0.05) is 37.5 Å². The zero-order valence-corrected chi connectivity index (χ0v) is 16.6. The fraction of sp³-hybridized carbons (Fsp3) is 0.381. The number of carbonyl (C=O) groups excluding carboxylic acids is 1. The monoisotopic (exact) mass is 418 g/mol. The van der Waals surface area contributed by atoms with Gasteiger partial charge in [0.05, 0.1) is 5.56 Å². The summed E-state index contributed by atoms with van der Waals surface area (Å²) in [7, 11) is 2.16. The van der Waals surface area contributed by atoms with Crippen LogP contribution in [0.3, 0.4) is 0 Å². The van der Waals surface area contributed by atoms with Crippen LogP contribution in [-0.2, 0) is 6.54 Å². The summed E-state index contributed by atoms with van der Waals surface area (Å²) < 4.78 is 13.7. The number of halogens is 2. The molecule has 1 amide bonds. The van der Waals surface area contributed by atoms with Crippen LogP contribution in [0.15, 0.2) is 46.9 Å². The SMILES string of the molecule is CN(Cc1ccccc1NC(=O)c1ccc(F)cc1Br)C1CCCCC1. The molecule has 0 aliphatic heterocycles. The Bertz CT molecular complexity index is 774. The third-order valence-corrected chi connectivity index (χ3v) is 5.72. The Balaban J connectivity index is 1.73. The summed E-state index contributed by atoms with van der Waals surface area (Å²) in [5, 5.41) is 2.98. The maximum atomic E-state index is 13.3. The minimum atomic E-state index is -0.372. The van der Waals surface area contributed by atoms with Gasteiger partial charge < -0.3 is 5.32 Å². The molecule has 3 nitrogen and oxygen atoms in total. The van der Waals surface area contributed by atoms with Gasteiger partial charge in [0.15, 0.2) is 0 Å². The highest BCUT2D eigenvalue weighted by Crippen LogP contribution is 2.26. The first-order valence-corrected chi connectivity index (χ1v) is 9.88. The van der Waals surface area contributed by atoms with Crippen LogP contribution in [0.5, 0.6) is 0 Å². The lowest BCUT2D eigenvalue weighted by atomic mass is 9.94. The second kappa shape index (κ2) is 8.78. The molecule has 2 aromatic rings. The molecule has 0 radical (unpaired) electrons. The zero-order chi connectivity index (χ0) is 18.5. The van der Waals surface area contributed by atoms with Crippen LogP contribution in [0.4, 0.5) is 10.1 Å². The summed E-state index contributed by atoms with van der Waals surface area (Å²) in [6, 6.07) is 12.6. The van der Waals surface area contributed by atoms with E-state index in [0.717, 1.165) is 17.8 Å². The van der Waals surface area contributed by atoms with Crippen molar-refractivity contribution in [3.05, 3.63) is 63.9 Å². The van der Waals surface area contributed by atoms with E-state index < -0.39 is 0 Å². The quantitative estimate of drug-likeness (QED) is 0.684. The van der Waals surface area contributed by atoms with Crippen LogP contribution in [0.1, 0.15) is 48.0 Å². The van der Waals surface area contributed by atoms with Crippen LogP contribution < -0.4 is 5.32 Å². The third-order valence-electron chi connectivity index (χ3n) is 5.06. The molecule has 1 N–H and O–H groups in total. The highest BCUT2D eigenvalue weighted by molar-refractivity contribution is 9.10. The number of para-hydroxylation sites is 1. The molecule has 0 aromatic heterocycles. The van der Waals surface area contributed by atoms with Crippen molar-refractivity contribution in [1.82, 2.24) is 4.90 Å². The van der Waals surface area contributed by atoms with E-state index in [1.807, 2.05) is 18.2 Å². The Hall–Kier alpha value is -1.72. The van der Waals surface area contributed by atoms with Gasteiger partial charge in [-0.2, -0.15) is 0 Å². The number of rotatable bonds is 5. The van der Waals surface area contributed by atoms with E-state index in [1.165, 1.54) is 50.3 Å². The van der Waals surface area contributed by atoms with Crippen molar-refractivity contribution in [1.29, 1.82) is 0 Å². The van der Waals surface area contributed by atoms with Crippen molar-refractivity contribution < 1.29 is 9.18 Å². The highest BCUT2D eigenvalue weighted by atomic mass is 79.9.